The van der Waals surface area contributed by atoms with E-state index in [-0.39, 0.29) is 17.3 Å². The van der Waals surface area contributed by atoms with Crippen LogP contribution in [0.25, 0.3) is 0 Å². The van der Waals surface area contributed by atoms with Gasteiger partial charge < -0.3 is 10.6 Å². The van der Waals surface area contributed by atoms with Crippen LogP contribution in [0.1, 0.15) is 36.7 Å². The van der Waals surface area contributed by atoms with Gasteiger partial charge in [-0.1, -0.05) is 18.2 Å². The molecule has 0 fully saturated rings. The monoisotopic (exact) mass is 301 g/mol. The summed E-state index contributed by atoms with van der Waals surface area (Å²) in [5.74, 6) is -0.445. The zero-order valence-corrected chi connectivity index (χ0v) is 13.0. The average molecular weight is 301 g/mol. The molecule has 0 saturated heterocycles. The molecule has 0 aliphatic rings. The van der Waals surface area contributed by atoms with Crippen LogP contribution in [0.4, 0.5) is 10.1 Å². The molecule has 1 aromatic heterocycles. The van der Waals surface area contributed by atoms with E-state index in [4.69, 9.17) is 0 Å². The molecule has 22 heavy (non-hydrogen) atoms. The summed E-state index contributed by atoms with van der Waals surface area (Å²) in [4.78, 5) is 16.2. The van der Waals surface area contributed by atoms with Crippen LogP contribution in [-0.2, 0) is 6.54 Å². The second kappa shape index (κ2) is 6.56. The lowest BCUT2D eigenvalue weighted by Gasteiger charge is -2.20. The number of pyridine rings is 1. The molecule has 2 N–H and O–H groups in total. The minimum Gasteiger partial charge on any atom is -0.380 e. The lowest BCUT2D eigenvalue weighted by molar-refractivity contribution is 0.0919. The topological polar surface area (TPSA) is 54.0 Å². The fourth-order valence-corrected chi connectivity index (χ4v) is 1.91. The minimum atomic E-state index is -0.312. The maximum absolute atomic E-state index is 13.6. The first-order valence-corrected chi connectivity index (χ1v) is 7.10. The molecule has 0 aliphatic carbocycles. The number of carbonyl (C=O) groups excluding carboxylic acids is 1. The Hall–Kier alpha value is -2.43. The first-order chi connectivity index (χ1) is 10.3. The molecule has 1 aromatic carbocycles. The summed E-state index contributed by atoms with van der Waals surface area (Å²) < 4.78 is 13.6. The third kappa shape index (κ3) is 4.55. The Balaban J connectivity index is 2.06. The summed E-state index contributed by atoms with van der Waals surface area (Å²) in [6.07, 6.45) is 3.12. The van der Waals surface area contributed by atoms with Gasteiger partial charge in [0.05, 0.1) is 11.3 Å². The van der Waals surface area contributed by atoms with Gasteiger partial charge in [-0.25, -0.2) is 4.39 Å². The zero-order valence-electron chi connectivity index (χ0n) is 13.0. The van der Waals surface area contributed by atoms with Crippen molar-refractivity contribution in [2.24, 2.45) is 0 Å². The minimum absolute atomic E-state index is 0.186. The highest BCUT2D eigenvalue weighted by molar-refractivity contribution is 5.95. The molecule has 2 aromatic rings. The van der Waals surface area contributed by atoms with Crippen LogP contribution in [-0.4, -0.2) is 16.4 Å². The van der Waals surface area contributed by atoms with Crippen LogP contribution in [0.15, 0.2) is 42.7 Å². The number of amides is 1. The van der Waals surface area contributed by atoms with Gasteiger partial charge >= 0.3 is 0 Å². The Labute approximate surface area is 129 Å². The largest absolute Gasteiger partial charge is 0.380 e. The summed E-state index contributed by atoms with van der Waals surface area (Å²) in [6, 6.07) is 8.27. The third-order valence-electron chi connectivity index (χ3n) is 2.93. The summed E-state index contributed by atoms with van der Waals surface area (Å²) in [7, 11) is 0. The molecule has 0 radical (unpaired) electrons. The van der Waals surface area contributed by atoms with Crippen molar-refractivity contribution in [3.05, 3.63) is 59.7 Å². The highest BCUT2D eigenvalue weighted by atomic mass is 19.1. The first kappa shape index (κ1) is 15.9. The van der Waals surface area contributed by atoms with Crippen molar-refractivity contribution >= 4 is 11.6 Å². The molecule has 0 atom stereocenters. The van der Waals surface area contributed by atoms with Gasteiger partial charge in [-0.05, 0) is 32.9 Å². The number of carbonyl (C=O) groups is 1. The Morgan fingerprint density at radius 1 is 1.23 bits per heavy atom. The molecule has 1 amide bonds. The van der Waals surface area contributed by atoms with Gasteiger partial charge in [-0.2, -0.15) is 0 Å². The van der Waals surface area contributed by atoms with Crippen molar-refractivity contribution in [2.75, 3.05) is 5.32 Å². The predicted molar refractivity (Wildman–Crippen MR) is 85.2 cm³/mol. The number of aromatic nitrogens is 1. The van der Waals surface area contributed by atoms with E-state index in [1.807, 2.05) is 20.8 Å². The number of benzene rings is 1. The fourth-order valence-electron chi connectivity index (χ4n) is 1.91. The quantitative estimate of drug-likeness (QED) is 0.910. The number of hydrogen-bond acceptors (Lipinski definition) is 3. The molecule has 1 heterocycles. The summed E-state index contributed by atoms with van der Waals surface area (Å²) in [5.41, 5.74) is 1.39. The molecule has 0 spiro atoms. The summed E-state index contributed by atoms with van der Waals surface area (Å²) in [6.45, 7) is 6.08. The van der Waals surface area contributed by atoms with E-state index in [9.17, 15) is 9.18 Å². The van der Waals surface area contributed by atoms with Crippen molar-refractivity contribution in [3.63, 3.8) is 0 Å². The van der Waals surface area contributed by atoms with E-state index in [0.29, 0.717) is 23.4 Å². The molecule has 2 rings (SSSR count). The predicted octanol–water partition coefficient (Wildman–Crippen LogP) is 3.36. The van der Waals surface area contributed by atoms with Crippen LogP contribution in [0.5, 0.6) is 0 Å². The number of halogens is 1. The standard InChI is InChI=1S/C17H20FN3O/c1-17(2,3)21-16(22)13-8-14(11-19-9-13)20-10-12-6-4-5-7-15(12)18/h4-9,11,20H,10H2,1-3H3,(H,21,22). The third-order valence-corrected chi connectivity index (χ3v) is 2.93. The van der Waals surface area contributed by atoms with Gasteiger partial charge in [0.2, 0.25) is 0 Å². The highest BCUT2D eigenvalue weighted by Gasteiger charge is 2.15. The molecule has 0 unspecified atom stereocenters. The Kier molecular flexibility index (Phi) is 4.75. The highest BCUT2D eigenvalue weighted by Crippen LogP contribution is 2.13. The van der Waals surface area contributed by atoms with Gasteiger partial charge in [0.25, 0.3) is 5.91 Å². The van der Waals surface area contributed by atoms with Crippen LogP contribution < -0.4 is 10.6 Å². The van der Waals surface area contributed by atoms with Crippen LogP contribution in [0.2, 0.25) is 0 Å². The van der Waals surface area contributed by atoms with E-state index in [2.05, 4.69) is 15.6 Å². The molecule has 0 saturated carbocycles. The molecule has 0 aliphatic heterocycles. The van der Waals surface area contributed by atoms with Crippen molar-refractivity contribution in [1.29, 1.82) is 0 Å². The number of nitrogens with one attached hydrogen (secondary N) is 2. The normalized spacial score (nSPS) is 11.1. The number of nitrogens with zero attached hydrogens (tertiary/aromatic N) is 1. The van der Waals surface area contributed by atoms with Crippen LogP contribution >= 0.6 is 0 Å². The maximum atomic E-state index is 13.6. The summed E-state index contributed by atoms with van der Waals surface area (Å²) in [5, 5.41) is 5.96. The molecule has 0 bridgehead atoms. The first-order valence-electron chi connectivity index (χ1n) is 7.10. The van der Waals surface area contributed by atoms with Crippen LogP contribution in [0, 0.1) is 5.82 Å². The molecule has 4 nitrogen and oxygen atoms in total. The van der Waals surface area contributed by atoms with Gasteiger partial charge in [0, 0.05) is 30.0 Å². The Morgan fingerprint density at radius 2 is 1.95 bits per heavy atom. The van der Waals surface area contributed by atoms with E-state index < -0.39 is 0 Å². The SMILES string of the molecule is CC(C)(C)NC(=O)c1cncc(NCc2ccccc2F)c1. The lowest BCUT2D eigenvalue weighted by Crippen LogP contribution is -2.40. The smallest absolute Gasteiger partial charge is 0.253 e. The number of hydrogen-bond donors (Lipinski definition) is 2. The Morgan fingerprint density at radius 3 is 2.64 bits per heavy atom. The second-order valence-electron chi connectivity index (χ2n) is 6.11. The number of anilines is 1. The van der Waals surface area contributed by atoms with Gasteiger partial charge in [0.15, 0.2) is 0 Å². The van der Waals surface area contributed by atoms with Gasteiger partial charge in [0.1, 0.15) is 5.82 Å². The van der Waals surface area contributed by atoms with E-state index in [0.717, 1.165) is 0 Å². The number of rotatable bonds is 4. The van der Waals surface area contributed by atoms with Crippen LogP contribution in [0.3, 0.4) is 0 Å². The molecule has 5 heteroatoms. The van der Waals surface area contributed by atoms with E-state index >= 15 is 0 Å². The maximum Gasteiger partial charge on any atom is 0.253 e. The van der Waals surface area contributed by atoms with E-state index in [1.165, 1.54) is 12.3 Å². The molecule has 116 valence electrons. The van der Waals surface area contributed by atoms with Crippen molar-refractivity contribution in [3.8, 4) is 0 Å². The van der Waals surface area contributed by atoms with Gasteiger partial charge in [-0.15, -0.1) is 0 Å². The van der Waals surface area contributed by atoms with Gasteiger partial charge in [-0.3, -0.25) is 9.78 Å². The summed E-state index contributed by atoms with van der Waals surface area (Å²) >= 11 is 0. The lowest BCUT2D eigenvalue weighted by atomic mass is 10.1. The van der Waals surface area contributed by atoms with Crippen molar-refractivity contribution in [1.82, 2.24) is 10.3 Å². The van der Waals surface area contributed by atoms with Crippen molar-refractivity contribution in [2.45, 2.75) is 32.9 Å². The molecular weight excluding hydrogens is 281 g/mol. The van der Waals surface area contributed by atoms with Crippen molar-refractivity contribution < 1.29 is 9.18 Å². The molecular formula is C17H20FN3O. The second-order valence-corrected chi connectivity index (χ2v) is 6.11. The average Bonchev–Trinajstić information content (AvgIpc) is 2.45. The zero-order chi connectivity index (χ0) is 16.2. The Bertz CT molecular complexity index is 665. The fraction of sp³-hybridized carbons (Fsp3) is 0.294. The van der Waals surface area contributed by atoms with E-state index in [1.54, 1.807) is 30.5 Å².